The highest BCUT2D eigenvalue weighted by molar-refractivity contribution is 6.02. The largest absolute Gasteiger partial charge is 0.512 e. The van der Waals surface area contributed by atoms with E-state index < -0.39 is 139 Å². The van der Waals surface area contributed by atoms with E-state index in [1.54, 1.807) is 13.8 Å². The summed E-state index contributed by atoms with van der Waals surface area (Å²) >= 11 is 0. The number of allylic oxidation sites excluding steroid dienone is 20. The lowest BCUT2D eigenvalue weighted by Gasteiger charge is -2.36. The predicted octanol–water partition coefficient (Wildman–Crippen LogP) is 7.52. The Balaban J connectivity index is 1.47. The van der Waals surface area contributed by atoms with Gasteiger partial charge in [0.2, 0.25) is 11.5 Å². The number of carbonyl (C=O) groups is 8. The number of hydrogen-bond donors (Lipinski definition) is 7. The van der Waals surface area contributed by atoms with E-state index in [1.807, 2.05) is 140 Å². The molecular formula is C60H74O20. The second-order valence-corrected chi connectivity index (χ2v) is 20.7. The maximum absolute atomic E-state index is 13.3. The van der Waals surface area contributed by atoms with Crippen LogP contribution in [0.1, 0.15) is 108 Å². The molecule has 0 radical (unpaired) electrons. The van der Waals surface area contributed by atoms with Gasteiger partial charge < -0.3 is 59.4 Å². The van der Waals surface area contributed by atoms with E-state index >= 15 is 0 Å². The summed E-state index contributed by atoms with van der Waals surface area (Å²) in [5.74, 6) is -9.95. The van der Waals surface area contributed by atoms with Gasteiger partial charge in [0.25, 0.3) is 0 Å². The second kappa shape index (κ2) is 30.4. The zero-order chi connectivity index (χ0) is 60.2. The molecule has 3 aliphatic rings. The minimum absolute atomic E-state index is 0.0365. The molecule has 2 aliphatic carbocycles. The topological polar surface area (TPSA) is 324 Å². The quantitative estimate of drug-likeness (QED) is 0.0145. The normalized spacial score (nSPS) is 21.8. The molecule has 0 saturated carbocycles. The molecule has 434 valence electrons. The van der Waals surface area contributed by atoms with Crippen LogP contribution in [0.25, 0.3) is 0 Å². The van der Waals surface area contributed by atoms with Gasteiger partial charge in [-0.2, -0.15) is 0 Å². The highest BCUT2D eigenvalue weighted by Gasteiger charge is 2.42. The van der Waals surface area contributed by atoms with Gasteiger partial charge in [0, 0.05) is 12.8 Å². The lowest BCUT2D eigenvalue weighted by atomic mass is 9.71. The maximum atomic E-state index is 13.3. The molecule has 1 aliphatic heterocycles. The van der Waals surface area contributed by atoms with Crippen LogP contribution in [0, 0.1) is 10.8 Å². The van der Waals surface area contributed by atoms with Gasteiger partial charge in [-0.15, -0.1) is 0 Å². The summed E-state index contributed by atoms with van der Waals surface area (Å²) in [6, 6.07) is 0. The molecule has 0 saturated heterocycles. The molecule has 80 heavy (non-hydrogen) atoms. The number of cyclic esters (lactones) is 1. The number of hydrogen-bond acceptors (Lipinski definition) is 20. The van der Waals surface area contributed by atoms with E-state index in [-0.39, 0.29) is 30.7 Å². The van der Waals surface area contributed by atoms with Crippen LogP contribution in [0.4, 0.5) is 0 Å². The summed E-state index contributed by atoms with van der Waals surface area (Å²) in [6.45, 7) is 17.3. The van der Waals surface area contributed by atoms with Crippen molar-refractivity contribution < 1.29 is 97.8 Å². The van der Waals surface area contributed by atoms with Gasteiger partial charge >= 0.3 is 29.8 Å². The third kappa shape index (κ3) is 20.1. The summed E-state index contributed by atoms with van der Waals surface area (Å²) in [4.78, 5) is 99.2. The van der Waals surface area contributed by atoms with Crippen LogP contribution in [-0.4, -0.2) is 133 Å². The van der Waals surface area contributed by atoms with Crippen LogP contribution >= 0.6 is 0 Å². The fraction of sp³-hybridized carbons (Fsp3) is 0.433. The summed E-state index contributed by atoms with van der Waals surface area (Å²) in [7, 11) is 0. The Morgan fingerprint density at radius 2 is 1.00 bits per heavy atom. The molecular weight excluding hydrogens is 1040 g/mol. The van der Waals surface area contributed by atoms with Crippen LogP contribution in [-0.2, 0) is 62.0 Å². The standard InChI is InChI=1S/C60H74O20/c1-34(17-13-19-36(3)21-23-40-38(5)51(69)45(29-59(40,7)8)78-49(67)27-25-47(65)76-32-43(63)54(72)53(71)42(62)31-61)15-11-12-16-35(2)18-14-20-37(4)22-24-41-39(6)52(70)46(30-60(41,9)10)79-50(68)28-26-48(66)77-33-44(64)57-55(73)56(74)58(75)80-57/h11-24,31,43-46,54,57,61-64,72-74H,25-30,32-33H2,1-10H3/b12-11+,17-13+,18-14+,23-21+,24-22+,34-15+,35-16+,36-19+,37-20+,42-31?. The van der Waals surface area contributed by atoms with Gasteiger partial charge in [0.1, 0.15) is 37.8 Å². The summed E-state index contributed by atoms with van der Waals surface area (Å²) in [5, 5.41) is 66.6. The number of aliphatic hydroxyl groups is 7. The third-order valence-electron chi connectivity index (χ3n) is 13.0. The number of rotatable bonds is 26. The minimum atomic E-state index is -2.18. The third-order valence-corrected chi connectivity index (χ3v) is 13.0. The van der Waals surface area contributed by atoms with Gasteiger partial charge in [-0.3, -0.25) is 33.6 Å². The highest BCUT2D eigenvalue weighted by atomic mass is 16.6. The fourth-order valence-electron chi connectivity index (χ4n) is 8.40. The Morgan fingerprint density at radius 3 is 1.40 bits per heavy atom. The molecule has 0 amide bonds. The Labute approximate surface area is 465 Å². The van der Waals surface area contributed by atoms with Gasteiger partial charge in [0.15, 0.2) is 41.4 Å². The number of ether oxygens (including phenoxy) is 5. The Kier molecular flexibility index (Phi) is 25.2. The zero-order valence-electron chi connectivity index (χ0n) is 46.7. The van der Waals surface area contributed by atoms with Gasteiger partial charge in [-0.05, 0) is 74.7 Å². The Bertz CT molecular complexity index is 2810. The van der Waals surface area contributed by atoms with E-state index in [0.29, 0.717) is 11.1 Å². The number of aliphatic hydroxyl groups excluding tert-OH is 7. The van der Waals surface area contributed by atoms with Crippen LogP contribution in [0.5, 0.6) is 0 Å². The van der Waals surface area contributed by atoms with Gasteiger partial charge in [0.05, 0.1) is 25.7 Å². The SMILES string of the molecule is CC1=C(/C=C/C(C)=C/C=C/C(C)=C/C=C/C=C(C)/C=C/C=C(C)/C=C/C2=C(C)C(=O)C(OC(=O)CCC(=O)OCC(O)C3OC(=O)C(O)=C3O)CC2(C)C)C(C)(C)CC(OC(=O)CCC(=O)OCC(O)C(O)C(=O)C(O)=CO)C1=O. The molecule has 20 nitrogen and oxygen atoms in total. The van der Waals surface area contributed by atoms with Crippen LogP contribution < -0.4 is 0 Å². The van der Waals surface area contributed by atoms with E-state index in [4.69, 9.17) is 24.1 Å². The number of carbonyl (C=O) groups excluding carboxylic acids is 8. The molecule has 3 rings (SSSR count). The molecule has 20 heteroatoms. The average molecular weight is 1120 g/mol. The predicted molar refractivity (Wildman–Crippen MR) is 292 cm³/mol. The zero-order valence-corrected chi connectivity index (χ0v) is 46.7. The van der Waals surface area contributed by atoms with E-state index in [1.165, 1.54) is 0 Å². The van der Waals surface area contributed by atoms with Crippen molar-refractivity contribution in [2.45, 2.75) is 144 Å². The highest BCUT2D eigenvalue weighted by Crippen LogP contribution is 2.42. The Morgan fingerprint density at radius 1 is 0.613 bits per heavy atom. The summed E-state index contributed by atoms with van der Waals surface area (Å²) in [5.41, 5.74) is 5.18. The lowest BCUT2D eigenvalue weighted by molar-refractivity contribution is -0.160. The van der Waals surface area contributed by atoms with Crippen molar-refractivity contribution in [2.24, 2.45) is 10.8 Å². The molecule has 0 aromatic heterocycles. The van der Waals surface area contributed by atoms with Crippen molar-refractivity contribution >= 4 is 47.2 Å². The molecule has 0 spiro atoms. The second-order valence-electron chi connectivity index (χ2n) is 20.7. The summed E-state index contributed by atoms with van der Waals surface area (Å²) < 4.78 is 25.2. The molecule has 7 N–H and O–H groups in total. The lowest BCUT2D eigenvalue weighted by Crippen LogP contribution is -2.39. The Hall–Kier alpha value is -7.94. The van der Waals surface area contributed by atoms with Crippen molar-refractivity contribution in [3.05, 3.63) is 153 Å². The van der Waals surface area contributed by atoms with Crippen molar-refractivity contribution in [1.82, 2.24) is 0 Å². The molecule has 6 atom stereocenters. The molecule has 0 aromatic rings. The van der Waals surface area contributed by atoms with E-state index in [2.05, 4.69) is 4.74 Å². The van der Waals surface area contributed by atoms with E-state index in [0.717, 1.165) is 33.4 Å². The monoisotopic (exact) mass is 1110 g/mol. The first kappa shape index (κ1) is 66.3. The summed E-state index contributed by atoms with van der Waals surface area (Å²) in [6.07, 6.45) is 16.1. The smallest absolute Gasteiger partial charge is 0.377 e. The first-order valence-corrected chi connectivity index (χ1v) is 25.6. The molecule has 1 heterocycles. The van der Waals surface area contributed by atoms with Crippen molar-refractivity contribution in [3.8, 4) is 0 Å². The van der Waals surface area contributed by atoms with Crippen LogP contribution in [0.3, 0.4) is 0 Å². The van der Waals surface area contributed by atoms with Crippen molar-refractivity contribution in [1.29, 1.82) is 0 Å². The molecule has 0 fully saturated rings. The van der Waals surface area contributed by atoms with Crippen LogP contribution in [0.15, 0.2) is 153 Å². The fourth-order valence-corrected chi connectivity index (χ4v) is 8.40. The minimum Gasteiger partial charge on any atom is -0.512 e. The van der Waals surface area contributed by atoms with Gasteiger partial charge in [-0.1, -0.05) is 135 Å². The molecule has 0 bridgehead atoms. The van der Waals surface area contributed by atoms with E-state index in [9.17, 15) is 69.0 Å². The average Bonchev–Trinajstić information content (AvgIpc) is 3.65. The first-order chi connectivity index (χ1) is 37.4. The number of Topliss-reactive ketones (excluding diaryl/α,β-unsaturated/α-hetero) is 3. The molecule has 0 aromatic carbocycles. The van der Waals surface area contributed by atoms with Crippen molar-refractivity contribution in [3.63, 3.8) is 0 Å². The van der Waals surface area contributed by atoms with Crippen LogP contribution in [0.2, 0.25) is 0 Å². The van der Waals surface area contributed by atoms with Gasteiger partial charge in [-0.25, -0.2) is 4.79 Å². The molecule has 6 unspecified atom stereocenters. The first-order valence-electron chi connectivity index (χ1n) is 25.6. The number of esters is 5. The van der Waals surface area contributed by atoms with Crippen molar-refractivity contribution in [2.75, 3.05) is 13.2 Å². The number of ketones is 3. The maximum Gasteiger partial charge on any atom is 0.377 e.